The Morgan fingerprint density at radius 1 is 1.31 bits per heavy atom. The fraction of sp³-hybridized carbons (Fsp3) is 0.316. The van der Waals surface area contributed by atoms with Gasteiger partial charge in [0.05, 0.1) is 27.4 Å². The molecular formula is C19H19Cl2FN2O2. The summed E-state index contributed by atoms with van der Waals surface area (Å²) in [5.74, 6) is -0.335. The lowest BCUT2D eigenvalue weighted by Gasteiger charge is -2.20. The number of hydrogen-bond acceptors (Lipinski definition) is 2. The fourth-order valence-corrected chi connectivity index (χ4v) is 3.83. The van der Waals surface area contributed by atoms with Crippen molar-refractivity contribution in [3.05, 3.63) is 62.9 Å². The Balaban J connectivity index is 1.77. The minimum Gasteiger partial charge on any atom is -0.385 e. The van der Waals surface area contributed by atoms with Crippen molar-refractivity contribution in [3.8, 4) is 0 Å². The standard InChI is InChI=1S/C19H19Cl2FN2O2/c1-10(11-3-5-12(22)6-4-11)23-18(25)24-17-15(20)9-14-13(16(17)21)7-8-19(14,2)26/h3-6,9-10,26H,7-8H2,1-2H3,(H2,23,24,25)/t10-,19+/m1/s1. The number of urea groups is 1. The van der Waals surface area contributed by atoms with Crippen LogP contribution in [0.15, 0.2) is 30.3 Å². The summed E-state index contributed by atoms with van der Waals surface area (Å²) in [6.07, 6.45) is 1.16. The van der Waals surface area contributed by atoms with Crippen molar-refractivity contribution in [2.24, 2.45) is 0 Å². The smallest absolute Gasteiger partial charge is 0.319 e. The van der Waals surface area contributed by atoms with E-state index in [1.807, 2.05) is 0 Å². The van der Waals surface area contributed by atoms with Gasteiger partial charge < -0.3 is 15.7 Å². The van der Waals surface area contributed by atoms with E-state index in [2.05, 4.69) is 10.6 Å². The lowest BCUT2D eigenvalue weighted by atomic mass is 9.98. The molecule has 0 radical (unpaired) electrons. The molecule has 2 aromatic rings. The van der Waals surface area contributed by atoms with Gasteiger partial charge >= 0.3 is 6.03 Å². The highest BCUT2D eigenvalue weighted by molar-refractivity contribution is 6.40. The molecule has 0 bridgehead atoms. The number of amides is 2. The molecule has 0 aromatic heterocycles. The van der Waals surface area contributed by atoms with Gasteiger partial charge in [-0.3, -0.25) is 0 Å². The zero-order chi connectivity index (χ0) is 19.1. The maximum Gasteiger partial charge on any atom is 0.319 e. The van der Waals surface area contributed by atoms with E-state index in [0.29, 0.717) is 29.1 Å². The van der Waals surface area contributed by atoms with Crippen molar-refractivity contribution in [2.75, 3.05) is 5.32 Å². The van der Waals surface area contributed by atoms with E-state index < -0.39 is 11.6 Å². The summed E-state index contributed by atoms with van der Waals surface area (Å²) in [4.78, 5) is 12.3. The number of carbonyl (C=O) groups is 1. The second kappa shape index (κ2) is 7.06. The molecule has 0 unspecified atom stereocenters. The van der Waals surface area contributed by atoms with Crippen molar-refractivity contribution in [2.45, 2.75) is 38.3 Å². The number of anilines is 1. The Morgan fingerprint density at radius 3 is 2.62 bits per heavy atom. The molecule has 2 atom stereocenters. The molecule has 0 spiro atoms. The van der Waals surface area contributed by atoms with Crippen molar-refractivity contribution in [1.82, 2.24) is 5.32 Å². The van der Waals surface area contributed by atoms with Crippen LogP contribution in [0.5, 0.6) is 0 Å². The molecule has 0 fully saturated rings. The molecule has 138 valence electrons. The molecule has 2 aromatic carbocycles. The van der Waals surface area contributed by atoms with Gasteiger partial charge in [0.1, 0.15) is 5.82 Å². The monoisotopic (exact) mass is 396 g/mol. The Bertz CT molecular complexity index is 854. The SMILES string of the molecule is C[C@@H](NC(=O)Nc1c(Cl)cc2c(c1Cl)CC[C@]2(C)O)c1ccc(F)cc1. The number of nitrogens with one attached hydrogen (secondary N) is 2. The first-order chi connectivity index (χ1) is 12.2. The Morgan fingerprint density at radius 2 is 1.96 bits per heavy atom. The predicted octanol–water partition coefficient (Wildman–Crippen LogP) is 5.17. The molecule has 3 rings (SSSR count). The molecule has 0 heterocycles. The maximum atomic E-state index is 13.0. The van der Waals surface area contributed by atoms with Crippen molar-refractivity contribution in [3.63, 3.8) is 0 Å². The van der Waals surface area contributed by atoms with Gasteiger partial charge in [-0.2, -0.15) is 0 Å². The summed E-state index contributed by atoms with van der Waals surface area (Å²) in [6.45, 7) is 3.51. The largest absolute Gasteiger partial charge is 0.385 e. The normalized spacial score (nSPS) is 19.8. The quantitative estimate of drug-likeness (QED) is 0.669. The van der Waals surface area contributed by atoms with Crippen LogP contribution in [-0.4, -0.2) is 11.1 Å². The number of benzene rings is 2. The maximum absolute atomic E-state index is 13.0. The lowest BCUT2D eigenvalue weighted by Crippen LogP contribution is -2.31. The third-order valence-electron chi connectivity index (χ3n) is 4.72. The van der Waals surface area contributed by atoms with Gasteiger partial charge in [0.15, 0.2) is 0 Å². The minimum absolute atomic E-state index is 0.264. The Hall–Kier alpha value is -1.82. The third kappa shape index (κ3) is 3.65. The first-order valence-electron chi connectivity index (χ1n) is 8.26. The molecule has 4 nitrogen and oxygen atoms in total. The molecule has 2 amide bonds. The van der Waals surface area contributed by atoms with Gasteiger partial charge in [0, 0.05) is 0 Å². The average molecular weight is 397 g/mol. The van der Waals surface area contributed by atoms with Crippen LogP contribution in [0.3, 0.4) is 0 Å². The van der Waals surface area contributed by atoms with Crippen molar-refractivity contribution in [1.29, 1.82) is 0 Å². The molecule has 26 heavy (non-hydrogen) atoms. The second-order valence-electron chi connectivity index (χ2n) is 6.72. The van der Waals surface area contributed by atoms with Crippen LogP contribution in [0.4, 0.5) is 14.9 Å². The Labute approximate surface area is 161 Å². The molecule has 0 saturated heterocycles. The molecule has 1 aliphatic rings. The van der Waals surface area contributed by atoms with Crippen molar-refractivity contribution >= 4 is 34.9 Å². The summed E-state index contributed by atoms with van der Waals surface area (Å²) >= 11 is 12.7. The number of halogens is 3. The van der Waals surface area contributed by atoms with Crippen LogP contribution in [-0.2, 0) is 12.0 Å². The van der Waals surface area contributed by atoms with Gasteiger partial charge in [-0.05, 0) is 61.6 Å². The van der Waals surface area contributed by atoms with E-state index in [1.54, 1.807) is 32.0 Å². The Kier molecular flexibility index (Phi) is 5.15. The van der Waals surface area contributed by atoms with E-state index in [-0.39, 0.29) is 16.9 Å². The number of rotatable bonds is 3. The van der Waals surface area contributed by atoms with Gasteiger partial charge in [0.2, 0.25) is 0 Å². The summed E-state index contributed by atoms with van der Waals surface area (Å²) in [5.41, 5.74) is 1.60. The zero-order valence-corrected chi connectivity index (χ0v) is 15.9. The van der Waals surface area contributed by atoms with Crippen LogP contribution in [0, 0.1) is 5.82 Å². The molecule has 0 aliphatic heterocycles. The molecule has 7 heteroatoms. The van der Waals surface area contributed by atoms with E-state index in [4.69, 9.17) is 23.2 Å². The lowest BCUT2D eigenvalue weighted by molar-refractivity contribution is 0.0595. The van der Waals surface area contributed by atoms with Crippen LogP contribution in [0.2, 0.25) is 10.0 Å². The minimum atomic E-state index is -0.972. The average Bonchev–Trinajstić information content (AvgIpc) is 2.87. The van der Waals surface area contributed by atoms with Gasteiger partial charge in [-0.25, -0.2) is 9.18 Å². The number of hydrogen-bond donors (Lipinski definition) is 3. The van der Waals surface area contributed by atoms with Gasteiger partial charge in [-0.1, -0.05) is 35.3 Å². The number of carbonyl (C=O) groups excluding carboxylic acids is 1. The molecular weight excluding hydrogens is 378 g/mol. The highest BCUT2D eigenvalue weighted by atomic mass is 35.5. The van der Waals surface area contributed by atoms with Crippen molar-refractivity contribution < 1.29 is 14.3 Å². The first-order valence-corrected chi connectivity index (χ1v) is 9.01. The van der Waals surface area contributed by atoms with Crippen LogP contribution in [0.1, 0.15) is 43.0 Å². The van der Waals surface area contributed by atoms with Crippen LogP contribution in [0.25, 0.3) is 0 Å². The molecule has 0 saturated carbocycles. The van der Waals surface area contributed by atoms with E-state index in [0.717, 1.165) is 11.1 Å². The van der Waals surface area contributed by atoms with E-state index >= 15 is 0 Å². The first kappa shape index (κ1) is 19.0. The highest BCUT2D eigenvalue weighted by Gasteiger charge is 2.35. The summed E-state index contributed by atoms with van der Waals surface area (Å²) in [6, 6.07) is 6.74. The number of aliphatic hydroxyl groups is 1. The van der Waals surface area contributed by atoms with Crippen LogP contribution >= 0.6 is 23.2 Å². The summed E-state index contributed by atoms with van der Waals surface area (Å²) < 4.78 is 13.0. The summed E-state index contributed by atoms with van der Waals surface area (Å²) in [5, 5.41) is 16.4. The van der Waals surface area contributed by atoms with Gasteiger partial charge in [0.25, 0.3) is 0 Å². The third-order valence-corrected chi connectivity index (χ3v) is 5.43. The van der Waals surface area contributed by atoms with E-state index in [9.17, 15) is 14.3 Å². The summed E-state index contributed by atoms with van der Waals surface area (Å²) in [7, 11) is 0. The molecule has 3 N–H and O–H groups in total. The second-order valence-corrected chi connectivity index (χ2v) is 7.50. The number of fused-ring (bicyclic) bond motifs is 1. The molecule has 1 aliphatic carbocycles. The van der Waals surface area contributed by atoms with Crippen LogP contribution < -0.4 is 10.6 Å². The topological polar surface area (TPSA) is 61.4 Å². The highest BCUT2D eigenvalue weighted by Crippen LogP contribution is 2.45. The van der Waals surface area contributed by atoms with E-state index in [1.165, 1.54) is 12.1 Å². The predicted molar refractivity (Wildman–Crippen MR) is 101 cm³/mol. The van der Waals surface area contributed by atoms with Gasteiger partial charge in [-0.15, -0.1) is 0 Å². The fourth-order valence-electron chi connectivity index (χ4n) is 3.18. The zero-order valence-electron chi connectivity index (χ0n) is 14.4.